The van der Waals surface area contributed by atoms with Gasteiger partial charge in [-0.2, -0.15) is 0 Å². The number of hydrogen-bond donors (Lipinski definition) is 2. The Morgan fingerprint density at radius 2 is 2.15 bits per heavy atom. The van der Waals surface area contributed by atoms with Gasteiger partial charge in [-0.15, -0.1) is 0 Å². The van der Waals surface area contributed by atoms with Crippen molar-refractivity contribution in [2.45, 2.75) is 33.4 Å². The standard InChI is InChI=1S/C15H22N4O/c1-10(2)19-11(3)18-13-7-12(5-6-14(13)19)8-17-15(20)9-16-4/h5-7,10,16H,8-9H2,1-4H3,(H,17,20). The fraction of sp³-hybridized carbons (Fsp3) is 0.467. The molecule has 1 heterocycles. The molecular formula is C15H22N4O. The van der Waals surface area contributed by atoms with Crippen molar-refractivity contribution in [1.29, 1.82) is 0 Å². The van der Waals surface area contributed by atoms with Crippen LogP contribution in [0.25, 0.3) is 11.0 Å². The van der Waals surface area contributed by atoms with Crippen LogP contribution in [0.15, 0.2) is 18.2 Å². The fourth-order valence-corrected chi connectivity index (χ4v) is 2.45. The van der Waals surface area contributed by atoms with Crippen molar-refractivity contribution < 1.29 is 4.79 Å². The van der Waals surface area contributed by atoms with Crippen LogP contribution in [0.1, 0.15) is 31.3 Å². The minimum Gasteiger partial charge on any atom is -0.351 e. The molecule has 5 heteroatoms. The first-order valence-electron chi connectivity index (χ1n) is 6.91. The Morgan fingerprint density at radius 3 is 2.80 bits per heavy atom. The first-order chi connectivity index (χ1) is 9.52. The van der Waals surface area contributed by atoms with Gasteiger partial charge < -0.3 is 15.2 Å². The molecule has 0 radical (unpaired) electrons. The van der Waals surface area contributed by atoms with Gasteiger partial charge in [-0.1, -0.05) is 6.07 Å². The molecule has 108 valence electrons. The summed E-state index contributed by atoms with van der Waals surface area (Å²) in [6.07, 6.45) is 0. The Bertz CT molecular complexity index is 616. The number of benzene rings is 1. The maximum Gasteiger partial charge on any atom is 0.234 e. The molecule has 0 saturated heterocycles. The average molecular weight is 274 g/mol. The van der Waals surface area contributed by atoms with Gasteiger partial charge in [0.25, 0.3) is 0 Å². The van der Waals surface area contributed by atoms with E-state index in [-0.39, 0.29) is 5.91 Å². The summed E-state index contributed by atoms with van der Waals surface area (Å²) in [5.41, 5.74) is 3.19. The zero-order chi connectivity index (χ0) is 14.7. The molecule has 1 aromatic carbocycles. The van der Waals surface area contributed by atoms with Crippen LogP contribution in [0, 0.1) is 6.92 Å². The highest BCUT2D eigenvalue weighted by molar-refractivity contribution is 5.79. The van der Waals surface area contributed by atoms with E-state index in [1.807, 2.05) is 19.1 Å². The van der Waals surface area contributed by atoms with Crippen LogP contribution in [-0.2, 0) is 11.3 Å². The van der Waals surface area contributed by atoms with Gasteiger partial charge in [-0.25, -0.2) is 4.98 Å². The predicted octanol–water partition coefficient (Wildman–Crippen LogP) is 1.76. The van der Waals surface area contributed by atoms with Gasteiger partial charge >= 0.3 is 0 Å². The molecule has 20 heavy (non-hydrogen) atoms. The van der Waals surface area contributed by atoms with Crippen LogP contribution in [0.2, 0.25) is 0 Å². The molecule has 5 nitrogen and oxygen atoms in total. The Kier molecular flexibility index (Phi) is 4.39. The lowest BCUT2D eigenvalue weighted by Gasteiger charge is -2.11. The number of aromatic nitrogens is 2. The lowest BCUT2D eigenvalue weighted by atomic mass is 10.2. The first-order valence-corrected chi connectivity index (χ1v) is 6.91. The van der Waals surface area contributed by atoms with Crippen molar-refractivity contribution in [2.24, 2.45) is 0 Å². The van der Waals surface area contributed by atoms with Gasteiger partial charge in [-0.05, 0) is 45.5 Å². The molecule has 0 unspecified atom stereocenters. The van der Waals surface area contributed by atoms with E-state index in [4.69, 9.17) is 0 Å². The second kappa shape index (κ2) is 6.05. The lowest BCUT2D eigenvalue weighted by Crippen LogP contribution is -2.31. The summed E-state index contributed by atoms with van der Waals surface area (Å²) in [6.45, 7) is 7.20. The van der Waals surface area contributed by atoms with Crippen LogP contribution in [0.4, 0.5) is 0 Å². The number of fused-ring (bicyclic) bond motifs is 1. The SMILES string of the molecule is CNCC(=O)NCc1ccc2c(c1)nc(C)n2C(C)C. The quantitative estimate of drug-likeness (QED) is 0.873. The van der Waals surface area contributed by atoms with Crippen LogP contribution in [0.5, 0.6) is 0 Å². The molecule has 0 aliphatic rings. The van der Waals surface area contributed by atoms with E-state index >= 15 is 0 Å². The van der Waals surface area contributed by atoms with E-state index in [0.29, 0.717) is 19.1 Å². The summed E-state index contributed by atoms with van der Waals surface area (Å²) in [4.78, 5) is 16.0. The molecule has 2 rings (SSSR count). The number of imidazole rings is 1. The van der Waals surface area contributed by atoms with E-state index < -0.39 is 0 Å². The molecule has 1 amide bonds. The molecule has 0 fully saturated rings. The molecule has 0 spiro atoms. The lowest BCUT2D eigenvalue weighted by molar-refractivity contribution is -0.120. The maximum absolute atomic E-state index is 11.4. The topological polar surface area (TPSA) is 59.0 Å². The van der Waals surface area contributed by atoms with Gasteiger partial charge in [0, 0.05) is 12.6 Å². The first kappa shape index (κ1) is 14.5. The Labute approximate surface area is 119 Å². The van der Waals surface area contributed by atoms with Crippen molar-refractivity contribution in [1.82, 2.24) is 20.2 Å². The Balaban J connectivity index is 2.20. The summed E-state index contributed by atoms with van der Waals surface area (Å²) in [6, 6.07) is 6.55. The van der Waals surface area contributed by atoms with Crippen molar-refractivity contribution in [3.05, 3.63) is 29.6 Å². The van der Waals surface area contributed by atoms with E-state index in [0.717, 1.165) is 22.4 Å². The zero-order valence-corrected chi connectivity index (χ0v) is 12.5. The van der Waals surface area contributed by atoms with Gasteiger partial charge in [0.05, 0.1) is 17.6 Å². The summed E-state index contributed by atoms with van der Waals surface area (Å²) in [5, 5.41) is 5.70. The van der Waals surface area contributed by atoms with Crippen molar-refractivity contribution >= 4 is 16.9 Å². The van der Waals surface area contributed by atoms with Crippen LogP contribution >= 0.6 is 0 Å². The molecule has 0 aliphatic carbocycles. The average Bonchev–Trinajstić information content (AvgIpc) is 2.71. The highest BCUT2D eigenvalue weighted by Gasteiger charge is 2.10. The van der Waals surface area contributed by atoms with Crippen molar-refractivity contribution in [3.8, 4) is 0 Å². The third-order valence-corrected chi connectivity index (χ3v) is 3.27. The monoisotopic (exact) mass is 274 g/mol. The summed E-state index contributed by atoms with van der Waals surface area (Å²) >= 11 is 0. The van der Waals surface area contributed by atoms with Gasteiger partial charge in [0.1, 0.15) is 5.82 Å². The third-order valence-electron chi connectivity index (χ3n) is 3.27. The number of nitrogens with one attached hydrogen (secondary N) is 2. The third kappa shape index (κ3) is 2.99. The van der Waals surface area contributed by atoms with E-state index in [1.54, 1.807) is 7.05 Å². The number of amides is 1. The second-order valence-electron chi connectivity index (χ2n) is 5.25. The molecule has 0 saturated carbocycles. The number of nitrogens with zero attached hydrogens (tertiary/aromatic N) is 2. The molecule has 1 aromatic heterocycles. The van der Waals surface area contributed by atoms with Crippen LogP contribution in [0.3, 0.4) is 0 Å². The number of likely N-dealkylation sites (N-methyl/N-ethyl adjacent to an activating group) is 1. The smallest absolute Gasteiger partial charge is 0.234 e. The number of rotatable bonds is 5. The summed E-state index contributed by atoms with van der Waals surface area (Å²) in [5.74, 6) is 1.02. The van der Waals surface area contributed by atoms with Gasteiger partial charge in [0.2, 0.25) is 5.91 Å². The van der Waals surface area contributed by atoms with Crippen molar-refractivity contribution in [2.75, 3.05) is 13.6 Å². The number of carbonyl (C=O) groups is 1. The number of aryl methyl sites for hydroxylation is 1. The van der Waals surface area contributed by atoms with Crippen LogP contribution < -0.4 is 10.6 Å². The van der Waals surface area contributed by atoms with E-state index in [9.17, 15) is 4.79 Å². The minimum atomic E-state index is -0.00325. The highest BCUT2D eigenvalue weighted by atomic mass is 16.1. The van der Waals surface area contributed by atoms with Gasteiger partial charge in [0.15, 0.2) is 0 Å². The molecule has 2 aromatic rings. The summed E-state index contributed by atoms with van der Waals surface area (Å²) in [7, 11) is 1.76. The normalized spacial score (nSPS) is 11.2. The zero-order valence-electron chi connectivity index (χ0n) is 12.5. The largest absolute Gasteiger partial charge is 0.351 e. The minimum absolute atomic E-state index is 0.00325. The second-order valence-corrected chi connectivity index (χ2v) is 5.25. The van der Waals surface area contributed by atoms with Crippen LogP contribution in [-0.4, -0.2) is 29.1 Å². The van der Waals surface area contributed by atoms with E-state index in [2.05, 4.69) is 40.1 Å². The van der Waals surface area contributed by atoms with Gasteiger partial charge in [-0.3, -0.25) is 4.79 Å². The Hall–Kier alpha value is -1.88. The molecular weight excluding hydrogens is 252 g/mol. The number of carbonyl (C=O) groups excluding carboxylic acids is 1. The molecule has 0 atom stereocenters. The Morgan fingerprint density at radius 1 is 1.40 bits per heavy atom. The highest BCUT2D eigenvalue weighted by Crippen LogP contribution is 2.21. The summed E-state index contributed by atoms with van der Waals surface area (Å²) < 4.78 is 2.22. The predicted molar refractivity (Wildman–Crippen MR) is 80.6 cm³/mol. The van der Waals surface area contributed by atoms with E-state index in [1.165, 1.54) is 0 Å². The molecule has 0 aliphatic heterocycles. The number of hydrogen-bond acceptors (Lipinski definition) is 3. The molecule has 0 bridgehead atoms. The maximum atomic E-state index is 11.4. The molecule has 2 N–H and O–H groups in total. The van der Waals surface area contributed by atoms with Crippen molar-refractivity contribution in [3.63, 3.8) is 0 Å². The fourth-order valence-electron chi connectivity index (χ4n) is 2.45.